The van der Waals surface area contributed by atoms with Crippen molar-refractivity contribution in [2.24, 2.45) is 23.2 Å². The highest BCUT2D eigenvalue weighted by Gasteiger charge is 2.45. The van der Waals surface area contributed by atoms with E-state index in [1.807, 2.05) is 0 Å². The van der Waals surface area contributed by atoms with Crippen LogP contribution >= 0.6 is 0 Å². The first kappa shape index (κ1) is 12.4. The Morgan fingerprint density at radius 1 is 1.31 bits per heavy atom. The molecule has 2 fully saturated rings. The van der Waals surface area contributed by atoms with E-state index in [1.54, 1.807) is 0 Å². The van der Waals surface area contributed by atoms with Crippen LogP contribution in [0.1, 0.15) is 59.3 Å². The van der Waals surface area contributed by atoms with E-state index in [-0.39, 0.29) is 0 Å². The molecule has 1 saturated heterocycles. The lowest BCUT2D eigenvalue weighted by Crippen LogP contribution is -2.44. The predicted octanol–water partition coefficient (Wildman–Crippen LogP) is 3.84. The Labute approximate surface area is 101 Å². The number of nitrogens with one attached hydrogen (secondary N) is 1. The highest BCUT2D eigenvalue weighted by Crippen LogP contribution is 2.53. The van der Waals surface area contributed by atoms with Crippen molar-refractivity contribution in [3.63, 3.8) is 0 Å². The zero-order chi connectivity index (χ0) is 11.6. The molecule has 0 aromatic carbocycles. The van der Waals surface area contributed by atoms with Crippen LogP contribution in [-0.2, 0) is 0 Å². The molecule has 1 nitrogen and oxygen atoms in total. The van der Waals surface area contributed by atoms with Crippen molar-refractivity contribution in [1.29, 1.82) is 0 Å². The fourth-order valence-corrected chi connectivity index (χ4v) is 4.15. The van der Waals surface area contributed by atoms with Crippen molar-refractivity contribution in [2.45, 2.75) is 59.3 Å². The van der Waals surface area contributed by atoms with Crippen molar-refractivity contribution in [3.05, 3.63) is 0 Å². The monoisotopic (exact) mass is 223 g/mol. The molecule has 3 unspecified atom stereocenters. The molecule has 1 saturated carbocycles. The molecule has 0 aromatic rings. The molecule has 3 atom stereocenters. The SMILES string of the molecule is CCC1CCC2(CCNCC2CC(C)C)C1. The van der Waals surface area contributed by atoms with Crippen LogP contribution in [0.5, 0.6) is 0 Å². The molecular weight excluding hydrogens is 194 g/mol. The van der Waals surface area contributed by atoms with E-state index in [9.17, 15) is 0 Å². The summed E-state index contributed by atoms with van der Waals surface area (Å²) in [4.78, 5) is 0. The maximum atomic E-state index is 3.62. The summed E-state index contributed by atoms with van der Waals surface area (Å²) < 4.78 is 0. The maximum absolute atomic E-state index is 3.62. The van der Waals surface area contributed by atoms with Crippen molar-refractivity contribution in [2.75, 3.05) is 13.1 Å². The molecule has 1 N–H and O–H groups in total. The summed E-state index contributed by atoms with van der Waals surface area (Å²) >= 11 is 0. The zero-order valence-electron chi connectivity index (χ0n) is 11.4. The summed E-state index contributed by atoms with van der Waals surface area (Å²) in [5, 5.41) is 3.62. The van der Waals surface area contributed by atoms with Crippen molar-refractivity contribution in [1.82, 2.24) is 5.32 Å². The van der Waals surface area contributed by atoms with Gasteiger partial charge in [-0.15, -0.1) is 0 Å². The van der Waals surface area contributed by atoms with Crippen LogP contribution in [0.4, 0.5) is 0 Å². The number of hydrogen-bond acceptors (Lipinski definition) is 1. The Balaban J connectivity index is 2.04. The molecular formula is C15H29N. The van der Waals surface area contributed by atoms with Gasteiger partial charge >= 0.3 is 0 Å². The second kappa shape index (κ2) is 5.08. The maximum Gasteiger partial charge on any atom is -0.00151 e. The van der Waals surface area contributed by atoms with Gasteiger partial charge in [-0.1, -0.05) is 27.2 Å². The summed E-state index contributed by atoms with van der Waals surface area (Å²) in [6, 6.07) is 0. The zero-order valence-corrected chi connectivity index (χ0v) is 11.4. The van der Waals surface area contributed by atoms with Crippen molar-refractivity contribution < 1.29 is 0 Å². The van der Waals surface area contributed by atoms with E-state index in [4.69, 9.17) is 0 Å². The molecule has 0 amide bonds. The molecule has 0 bridgehead atoms. The number of rotatable bonds is 3. The smallest absolute Gasteiger partial charge is 0.00151 e. The Hall–Kier alpha value is -0.0400. The largest absolute Gasteiger partial charge is 0.316 e. The first-order valence-electron chi connectivity index (χ1n) is 7.37. The van der Waals surface area contributed by atoms with E-state index in [0.29, 0.717) is 0 Å². The molecule has 0 radical (unpaired) electrons. The fourth-order valence-electron chi connectivity index (χ4n) is 4.15. The van der Waals surface area contributed by atoms with Gasteiger partial charge in [0.25, 0.3) is 0 Å². The molecule has 16 heavy (non-hydrogen) atoms. The van der Waals surface area contributed by atoms with Crippen molar-refractivity contribution >= 4 is 0 Å². The van der Waals surface area contributed by atoms with E-state index in [0.717, 1.165) is 23.2 Å². The third kappa shape index (κ3) is 2.45. The molecule has 1 aliphatic heterocycles. The van der Waals surface area contributed by atoms with Crippen LogP contribution in [0.15, 0.2) is 0 Å². The third-order valence-electron chi connectivity index (χ3n) is 5.14. The lowest BCUT2D eigenvalue weighted by atomic mass is 9.66. The lowest BCUT2D eigenvalue weighted by Gasteiger charge is -2.43. The van der Waals surface area contributed by atoms with Crippen LogP contribution in [0.3, 0.4) is 0 Å². The Bertz CT molecular complexity index is 223. The van der Waals surface area contributed by atoms with E-state index in [1.165, 1.54) is 51.6 Å². The number of piperidine rings is 1. The van der Waals surface area contributed by atoms with Gasteiger partial charge in [-0.05, 0) is 68.4 Å². The Morgan fingerprint density at radius 3 is 2.75 bits per heavy atom. The molecule has 1 spiro atoms. The molecule has 94 valence electrons. The van der Waals surface area contributed by atoms with E-state index < -0.39 is 0 Å². The first-order chi connectivity index (χ1) is 7.66. The Kier molecular flexibility index (Phi) is 3.94. The van der Waals surface area contributed by atoms with Gasteiger partial charge in [0.2, 0.25) is 0 Å². The van der Waals surface area contributed by atoms with Crippen LogP contribution in [0.25, 0.3) is 0 Å². The topological polar surface area (TPSA) is 12.0 Å². The molecule has 0 aromatic heterocycles. The van der Waals surface area contributed by atoms with Crippen LogP contribution in [-0.4, -0.2) is 13.1 Å². The summed E-state index contributed by atoms with van der Waals surface area (Å²) in [6.45, 7) is 9.70. The minimum absolute atomic E-state index is 0.732. The summed E-state index contributed by atoms with van der Waals surface area (Å²) in [5.74, 6) is 2.85. The van der Waals surface area contributed by atoms with Gasteiger partial charge in [0, 0.05) is 0 Å². The van der Waals surface area contributed by atoms with E-state index in [2.05, 4.69) is 26.1 Å². The minimum Gasteiger partial charge on any atom is -0.316 e. The standard InChI is InChI=1S/C15H29N/c1-4-13-5-6-15(10-13)7-8-16-11-14(15)9-12(2)3/h12-14,16H,4-11H2,1-3H3. The third-order valence-corrected chi connectivity index (χ3v) is 5.14. The fraction of sp³-hybridized carbons (Fsp3) is 1.00. The van der Waals surface area contributed by atoms with Crippen LogP contribution < -0.4 is 5.32 Å². The Morgan fingerprint density at radius 2 is 2.12 bits per heavy atom. The van der Waals surface area contributed by atoms with Crippen molar-refractivity contribution in [3.8, 4) is 0 Å². The average molecular weight is 223 g/mol. The normalized spacial score (nSPS) is 39.8. The van der Waals surface area contributed by atoms with Gasteiger partial charge in [-0.2, -0.15) is 0 Å². The minimum atomic E-state index is 0.732. The molecule has 1 heteroatoms. The predicted molar refractivity (Wildman–Crippen MR) is 70.5 cm³/mol. The van der Waals surface area contributed by atoms with Gasteiger partial charge in [0.15, 0.2) is 0 Å². The van der Waals surface area contributed by atoms with Gasteiger partial charge < -0.3 is 5.32 Å². The summed E-state index contributed by atoms with van der Waals surface area (Å²) in [5.41, 5.74) is 0.732. The van der Waals surface area contributed by atoms with Gasteiger partial charge in [0.05, 0.1) is 0 Å². The molecule has 1 heterocycles. The van der Waals surface area contributed by atoms with Gasteiger partial charge in [-0.25, -0.2) is 0 Å². The number of hydrogen-bond donors (Lipinski definition) is 1. The molecule has 2 rings (SSSR count). The highest BCUT2D eigenvalue weighted by atomic mass is 14.9. The van der Waals surface area contributed by atoms with Gasteiger partial charge in [0.1, 0.15) is 0 Å². The summed E-state index contributed by atoms with van der Waals surface area (Å²) in [7, 11) is 0. The first-order valence-corrected chi connectivity index (χ1v) is 7.37. The second-order valence-electron chi connectivity index (χ2n) is 6.66. The summed E-state index contributed by atoms with van der Waals surface area (Å²) in [6.07, 6.45) is 8.84. The van der Waals surface area contributed by atoms with Crippen LogP contribution in [0, 0.1) is 23.2 Å². The molecule has 1 aliphatic carbocycles. The average Bonchev–Trinajstić information content (AvgIpc) is 2.66. The quantitative estimate of drug-likeness (QED) is 0.766. The highest BCUT2D eigenvalue weighted by molar-refractivity contribution is 4.97. The second-order valence-corrected chi connectivity index (χ2v) is 6.66. The van der Waals surface area contributed by atoms with Gasteiger partial charge in [-0.3, -0.25) is 0 Å². The van der Waals surface area contributed by atoms with Crippen LogP contribution in [0.2, 0.25) is 0 Å². The lowest BCUT2D eigenvalue weighted by molar-refractivity contribution is 0.0910. The molecule has 2 aliphatic rings. The van der Waals surface area contributed by atoms with E-state index >= 15 is 0 Å².